The van der Waals surface area contributed by atoms with Gasteiger partial charge in [-0.1, -0.05) is 60.1 Å². The monoisotopic (exact) mass is 503 g/mol. The van der Waals surface area contributed by atoms with Crippen molar-refractivity contribution < 1.29 is 4.79 Å². The van der Waals surface area contributed by atoms with Crippen LogP contribution >= 0.6 is 11.6 Å². The lowest BCUT2D eigenvalue weighted by Crippen LogP contribution is -2.42. The van der Waals surface area contributed by atoms with Crippen LogP contribution in [0.1, 0.15) is 38.5 Å². The molecule has 2 aromatic carbocycles. The standard InChI is InChI=1S/C29H34ClN5O/c30-26-20-32-29(34-28(26)24-8-4-7-23(19-24)22-5-2-1-3-6-22)33-25-13-17-35(18-14-25)27(36)10-9-21-11-15-31-16-12-21/h1-8,19-21,25,31H,9-18H2,(H,32,33,34). The first kappa shape index (κ1) is 24.7. The third kappa shape index (κ3) is 6.23. The van der Waals surface area contributed by atoms with E-state index in [9.17, 15) is 4.79 Å². The van der Waals surface area contributed by atoms with Crippen LogP contribution in [-0.4, -0.2) is 53.0 Å². The summed E-state index contributed by atoms with van der Waals surface area (Å²) in [7, 11) is 0. The van der Waals surface area contributed by atoms with Gasteiger partial charge in [0.2, 0.25) is 11.9 Å². The largest absolute Gasteiger partial charge is 0.351 e. The fourth-order valence-electron chi connectivity index (χ4n) is 5.23. The van der Waals surface area contributed by atoms with Crippen LogP contribution in [-0.2, 0) is 4.79 Å². The van der Waals surface area contributed by atoms with Gasteiger partial charge in [-0.2, -0.15) is 0 Å². The molecule has 3 heterocycles. The summed E-state index contributed by atoms with van der Waals surface area (Å²) in [4.78, 5) is 24.0. The fourth-order valence-corrected chi connectivity index (χ4v) is 5.43. The van der Waals surface area contributed by atoms with E-state index < -0.39 is 0 Å². The number of hydrogen-bond acceptors (Lipinski definition) is 5. The van der Waals surface area contributed by atoms with Crippen LogP contribution < -0.4 is 10.6 Å². The molecule has 2 saturated heterocycles. The summed E-state index contributed by atoms with van der Waals surface area (Å²) >= 11 is 6.51. The molecule has 0 unspecified atom stereocenters. The van der Waals surface area contributed by atoms with Gasteiger partial charge in [-0.25, -0.2) is 9.97 Å². The molecule has 2 N–H and O–H groups in total. The van der Waals surface area contributed by atoms with Crippen molar-refractivity contribution in [1.29, 1.82) is 0 Å². The maximum Gasteiger partial charge on any atom is 0.223 e. The Labute approximate surface area is 218 Å². The number of hydrogen-bond donors (Lipinski definition) is 2. The van der Waals surface area contributed by atoms with Gasteiger partial charge in [0.1, 0.15) is 0 Å². The molecular weight excluding hydrogens is 470 g/mol. The van der Waals surface area contributed by atoms with E-state index >= 15 is 0 Å². The Kier molecular flexibility index (Phi) is 8.14. The van der Waals surface area contributed by atoms with Crippen molar-refractivity contribution in [3.63, 3.8) is 0 Å². The molecule has 2 fully saturated rings. The molecule has 0 bridgehead atoms. The predicted octanol–water partition coefficient (Wildman–Crippen LogP) is 5.65. The molecule has 1 amide bonds. The van der Waals surface area contributed by atoms with Crippen LogP contribution in [0.4, 0.5) is 5.95 Å². The van der Waals surface area contributed by atoms with Crippen molar-refractivity contribution in [2.24, 2.45) is 5.92 Å². The number of rotatable bonds is 7. The summed E-state index contributed by atoms with van der Waals surface area (Å²) in [6.45, 7) is 3.73. The highest BCUT2D eigenvalue weighted by Gasteiger charge is 2.24. The minimum Gasteiger partial charge on any atom is -0.351 e. The molecule has 6 nitrogen and oxygen atoms in total. The molecule has 1 aromatic heterocycles. The normalized spacial score (nSPS) is 17.2. The van der Waals surface area contributed by atoms with E-state index in [1.807, 2.05) is 35.2 Å². The van der Waals surface area contributed by atoms with E-state index in [0.29, 0.717) is 29.2 Å². The van der Waals surface area contributed by atoms with Gasteiger partial charge in [0.05, 0.1) is 16.9 Å². The lowest BCUT2D eigenvalue weighted by atomic mass is 9.93. The summed E-state index contributed by atoms with van der Waals surface area (Å²) in [5.74, 6) is 1.57. The maximum atomic E-state index is 12.7. The molecule has 36 heavy (non-hydrogen) atoms. The molecule has 5 rings (SSSR count). The van der Waals surface area contributed by atoms with Crippen molar-refractivity contribution >= 4 is 23.5 Å². The predicted molar refractivity (Wildman–Crippen MR) is 146 cm³/mol. The summed E-state index contributed by atoms with van der Waals surface area (Å²) in [6, 6.07) is 18.8. The highest BCUT2D eigenvalue weighted by atomic mass is 35.5. The van der Waals surface area contributed by atoms with Gasteiger partial charge in [0.25, 0.3) is 0 Å². The van der Waals surface area contributed by atoms with Gasteiger partial charge in [-0.05, 0) is 68.3 Å². The molecule has 2 aliphatic heterocycles. The quantitative estimate of drug-likeness (QED) is 0.436. The molecule has 0 spiro atoms. The van der Waals surface area contributed by atoms with Crippen molar-refractivity contribution in [3.05, 3.63) is 65.8 Å². The Morgan fingerprint density at radius 1 is 0.972 bits per heavy atom. The highest BCUT2D eigenvalue weighted by Crippen LogP contribution is 2.30. The SMILES string of the molecule is O=C(CCC1CCNCC1)N1CCC(Nc2ncc(Cl)c(-c3cccc(-c4ccccc4)c3)n2)CC1. The Bertz CT molecular complexity index is 1160. The molecule has 0 radical (unpaired) electrons. The third-order valence-corrected chi connectivity index (χ3v) is 7.67. The Morgan fingerprint density at radius 3 is 2.47 bits per heavy atom. The minimum absolute atomic E-state index is 0.239. The first-order chi connectivity index (χ1) is 17.7. The molecule has 0 atom stereocenters. The number of anilines is 1. The highest BCUT2D eigenvalue weighted by molar-refractivity contribution is 6.32. The minimum atomic E-state index is 0.239. The van der Waals surface area contributed by atoms with Gasteiger partial charge in [-0.3, -0.25) is 4.79 Å². The average Bonchev–Trinajstić information content (AvgIpc) is 2.94. The van der Waals surface area contributed by atoms with Crippen LogP contribution in [0.3, 0.4) is 0 Å². The topological polar surface area (TPSA) is 70.2 Å². The first-order valence-electron chi connectivity index (χ1n) is 13.1. The number of carbonyl (C=O) groups is 1. The van der Waals surface area contributed by atoms with Crippen LogP contribution in [0, 0.1) is 5.92 Å². The van der Waals surface area contributed by atoms with Gasteiger partial charge < -0.3 is 15.5 Å². The Hall–Kier alpha value is -2.96. The average molecular weight is 504 g/mol. The van der Waals surface area contributed by atoms with Crippen LogP contribution in [0.15, 0.2) is 60.8 Å². The number of nitrogens with zero attached hydrogens (tertiary/aromatic N) is 3. The second-order valence-corrected chi connectivity index (χ2v) is 10.3. The zero-order valence-electron chi connectivity index (χ0n) is 20.6. The Morgan fingerprint density at radius 2 is 1.69 bits per heavy atom. The maximum absolute atomic E-state index is 12.7. The van der Waals surface area contributed by atoms with Crippen LogP contribution in [0.25, 0.3) is 22.4 Å². The number of piperidine rings is 2. The number of halogens is 1. The third-order valence-electron chi connectivity index (χ3n) is 7.39. The van der Waals surface area contributed by atoms with Crippen molar-refractivity contribution in [3.8, 4) is 22.4 Å². The second-order valence-electron chi connectivity index (χ2n) is 9.87. The lowest BCUT2D eigenvalue weighted by Gasteiger charge is -2.33. The smallest absolute Gasteiger partial charge is 0.223 e. The molecule has 7 heteroatoms. The van der Waals surface area contributed by atoms with Crippen molar-refractivity contribution in [2.45, 2.75) is 44.6 Å². The summed E-state index contributed by atoms with van der Waals surface area (Å²) in [6.07, 6.45) is 7.53. The molecule has 0 aliphatic carbocycles. The number of benzene rings is 2. The molecule has 0 saturated carbocycles. The molecular formula is C29H34ClN5O. The number of nitrogens with one attached hydrogen (secondary N) is 2. The number of amides is 1. The van der Waals surface area contributed by atoms with Crippen molar-refractivity contribution in [1.82, 2.24) is 20.2 Å². The van der Waals surface area contributed by atoms with Gasteiger partial charge in [0, 0.05) is 31.1 Å². The number of likely N-dealkylation sites (tertiary alicyclic amines) is 1. The summed E-state index contributed by atoms with van der Waals surface area (Å²) < 4.78 is 0. The molecule has 3 aromatic rings. The first-order valence-corrected chi connectivity index (χ1v) is 13.5. The van der Waals surface area contributed by atoms with E-state index in [4.69, 9.17) is 16.6 Å². The van der Waals surface area contributed by atoms with Gasteiger partial charge in [0.15, 0.2) is 0 Å². The van der Waals surface area contributed by atoms with E-state index in [1.165, 1.54) is 12.8 Å². The second kappa shape index (κ2) is 11.8. The van der Waals surface area contributed by atoms with Crippen molar-refractivity contribution in [2.75, 3.05) is 31.5 Å². The Balaban J connectivity index is 1.18. The van der Waals surface area contributed by atoms with E-state index in [-0.39, 0.29) is 6.04 Å². The molecule has 2 aliphatic rings. The number of carbonyl (C=O) groups excluding carboxylic acids is 1. The fraction of sp³-hybridized carbons (Fsp3) is 0.414. The van der Waals surface area contributed by atoms with Crippen LogP contribution in [0.2, 0.25) is 5.02 Å². The van der Waals surface area contributed by atoms with Crippen LogP contribution in [0.5, 0.6) is 0 Å². The number of aromatic nitrogens is 2. The summed E-state index contributed by atoms with van der Waals surface area (Å²) in [5, 5.41) is 7.41. The van der Waals surface area contributed by atoms with E-state index in [1.54, 1.807) is 6.20 Å². The van der Waals surface area contributed by atoms with Gasteiger partial charge in [-0.15, -0.1) is 0 Å². The molecule has 188 valence electrons. The zero-order valence-corrected chi connectivity index (χ0v) is 21.4. The van der Waals surface area contributed by atoms with E-state index in [2.05, 4.69) is 39.9 Å². The lowest BCUT2D eigenvalue weighted by molar-refractivity contribution is -0.132. The van der Waals surface area contributed by atoms with Gasteiger partial charge >= 0.3 is 0 Å². The summed E-state index contributed by atoms with van der Waals surface area (Å²) in [5.41, 5.74) is 3.95. The zero-order chi connectivity index (χ0) is 24.7. The van der Waals surface area contributed by atoms with E-state index in [0.717, 1.165) is 67.8 Å².